The number of hydrogen-bond acceptors (Lipinski definition) is 2. The molecule has 1 aromatic carbocycles. The average Bonchev–Trinajstić information content (AvgIpc) is 2.62. The van der Waals surface area contributed by atoms with Crippen LogP contribution in [0, 0.1) is 0 Å². The van der Waals surface area contributed by atoms with Gasteiger partial charge in [-0.15, -0.1) is 0 Å². The number of benzene rings is 1. The Labute approximate surface area is 98.2 Å². The van der Waals surface area contributed by atoms with Gasteiger partial charge in [0.25, 0.3) is 0 Å². The molecule has 2 rings (SSSR count). The van der Waals surface area contributed by atoms with E-state index in [-0.39, 0.29) is 0 Å². The third-order valence-electron chi connectivity index (χ3n) is 2.22. The molecule has 1 N–H and O–H groups in total. The van der Waals surface area contributed by atoms with Gasteiger partial charge in [0.2, 0.25) is 0 Å². The van der Waals surface area contributed by atoms with Gasteiger partial charge in [-0.3, -0.25) is 0 Å². The summed E-state index contributed by atoms with van der Waals surface area (Å²) in [5.41, 5.74) is 0.989. The minimum atomic E-state index is 0.554. The van der Waals surface area contributed by atoms with Crippen LogP contribution >= 0.6 is 35.0 Å². The lowest BCUT2D eigenvalue weighted by Gasteiger charge is -2.14. The van der Waals surface area contributed by atoms with E-state index in [4.69, 9.17) is 23.2 Å². The minimum absolute atomic E-state index is 0.554. The minimum Gasteiger partial charge on any atom is -0.380 e. The molecule has 0 radical (unpaired) electrons. The molecule has 1 nitrogen and oxygen atoms in total. The van der Waals surface area contributed by atoms with Crippen molar-refractivity contribution in [2.75, 3.05) is 16.8 Å². The predicted octanol–water partition coefficient (Wildman–Crippen LogP) is 3.91. The van der Waals surface area contributed by atoms with Crippen molar-refractivity contribution in [2.45, 2.75) is 12.5 Å². The van der Waals surface area contributed by atoms with Crippen molar-refractivity contribution >= 4 is 40.7 Å². The van der Waals surface area contributed by atoms with Gasteiger partial charge in [-0.2, -0.15) is 11.8 Å². The van der Waals surface area contributed by atoms with E-state index in [1.165, 1.54) is 17.9 Å². The second-order valence-electron chi connectivity index (χ2n) is 3.33. The Morgan fingerprint density at radius 2 is 2.21 bits per heavy atom. The molecule has 0 spiro atoms. The van der Waals surface area contributed by atoms with E-state index in [1.807, 2.05) is 23.9 Å². The Balaban J connectivity index is 2.08. The van der Waals surface area contributed by atoms with E-state index in [0.29, 0.717) is 16.1 Å². The van der Waals surface area contributed by atoms with Crippen LogP contribution < -0.4 is 5.32 Å². The van der Waals surface area contributed by atoms with Gasteiger partial charge in [-0.25, -0.2) is 0 Å². The predicted molar refractivity (Wildman–Crippen MR) is 65.8 cm³/mol. The molecule has 4 heteroatoms. The first-order valence-electron chi connectivity index (χ1n) is 4.55. The molecule has 1 saturated heterocycles. The van der Waals surface area contributed by atoms with E-state index >= 15 is 0 Å². The second-order valence-corrected chi connectivity index (χ2v) is 5.32. The van der Waals surface area contributed by atoms with E-state index in [0.717, 1.165) is 5.69 Å². The molecule has 1 aliphatic heterocycles. The second kappa shape index (κ2) is 4.65. The van der Waals surface area contributed by atoms with Gasteiger partial charge < -0.3 is 5.32 Å². The van der Waals surface area contributed by atoms with Crippen LogP contribution in [0.3, 0.4) is 0 Å². The van der Waals surface area contributed by atoms with Crippen LogP contribution in [0.5, 0.6) is 0 Å². The maximum absolute atomic E-state index is 6.05. The average molecular weight is 248 g/mol. The van der Waals surface area contributed by atoms with Crippen LogP contribution in [0.15, 0.2) is 18.2 Å². The molecular weight excluding hydrogens is 237 g/mol. The van der Waals surface area contributed by atoms with Gasteiger partial charge in [-0.1, -0.05) is 23.2 Å². The molecule has 14 heavy (non-hydrogen) atoms. The number of nitrogens with one attached hydrogen (secondary N) is 1. The summed E-state index contributed by atoms with van der Waals surface area (Å²) >= 11 is 13.9. The van der Waals surface area contributed by atoms with E-state index in [9.17, 15) is 0 Å². The number of thioether (sulfide) groups is 1. The Morgan fingerprint density at radius 3 is 2.86 bits per heavy atom. The molecule has 0 aliphatic carbocycles. The summed E-state index contributed by atoms with van der Waals surface area (Å²) in [6.07, 6.45) is 1.21. The third-order valence-corrected chi connectivity index (χ3v) is 3.93. The van der Waals surface area contributed by atoms with Crippen molar-refractivity contribution in [3.8, 4) is 0 Å². The molecule has 1 unspecified atom stereocenters. The summed E-state index contributed by atoms with van der Waals surface area (Å²) in [5, 5.41) is 4.81. The highest BCUT2D eigenvalue weighted by Gasteiger charge is 2.15. The van der Waals surface area contributed by atoms with Crippen molar-refractivity contribution in [2.24, 2.45) is 0 Å². The van der Waals surface area contributed by atoms with Gasteiger partial charge in [0.15, 0.2) is 0 Å². The smallest absolute Gasteiger partial charge is 0.0652 e. The number of halogens is 2. The van der Waals surface area contributed by atoms with Crippen molar-refractivity contribution < 1.29 is 0 Å². The van der Waals surface area contributed by atoms with Gasteiger partial charge in [0.1, 0.15) is 0 Å². The van der Waals surface area contributed by atoms with E-state index in [1.54, 1.807) is 6.07 Å². The molecule has 1 heterocycles. The zero-order chi connectivity index (χ0) is 9.97. The SMILES string of the molecule is Clc1ccc(NC2CCSC2)c(Cl)c1. The van der Waals surface area contributed by atoms with Gasteiger partial charge >= 0.3 is 0 Å². The van der Waals surface area contributed by atoms with E-state index < -0.39 is 0 Å². The van der Waals surface area contributed by atoms with Crippen LogP contribution in [-0.4, -0.2) is 17.5 Å². The Morgan fingerprint density at radius 1 is 1.36 bits per heavy atom. The quantitative estimate of drug-likeness (QED) is 0.851. The summed E-state index contributed by atoms with van der Waals surface area (Å²) < 4.78 is 0. The number of hydrogen-bond donors (Lipinski definition) is 1. The summed E-state index contributed by atoms with van der Waals surface area (Å²) in [6.45, 7) is 0. The molecule has 1 atom stereocenters. The maximum atomic E-state index is 6.05. The van der Waals surface area contributed by atoms with Crippen LogP contribution in [0.1, 0.15) is 6.42 Å². The highest BCUT2D eigenvalue weighted by molar-refractivity contribution is 7.99. The van der Waals surface area contributed by atoms with Crippen LogP contribution in [-0.2, 0) is 0 Å². The highest BCUT2D eigenvalue weighted by atomic mass is 35.5. The molecule has 1 aromatic rings. The first-order valence-corrected chi connectivity index (χ1v) is 6.46. The summed E-state index contributed by atoms with van der Waals surface area (Å²) in [5.74, 6) is 2.40. The summed E-state index contributed by atoms with van der Waals surface area (Å²) in [7, 11) is 0. The Bertz CT molecular complexity index is 324. The number of rotatable bonds is 2. The number of anilines is 1. The lowest BCUT2D eigenvalue weighted by atomic mass is 10.2. The van der Waals surface area contributed by atoms with Crippen molar-refractivity contribution in [3.63, 3.8) is 0 Å². The lowest BCUT2D eigenvalue weighted by Crippen LogP contribution is -2.18. The first kappa shape index (κ1) is 10.5. The molecule has 0 aromatic heterocycles. The molecular formula is C10H11Cl2NS. The fraction of sp³-hybridized carbons (Fsp3) is 0.400. The van der Waals surface area contributed by atoms with Gasteiger partial charge in [-0.05, 0) is 30.4 Å². The van der Waals surface area contributed by atoms with Crippen LogP contribution in [0.4, 0.5) is 5.69 Å². The van der Waals surface area contributed by atoms with E-state index in [2.05, 4.69) is 5.32 Å². The maximum Gasteiger partial charge on any atom is 0.0652 e. The molecule has 0 bridgehead atoms. The standard InChI is InChI=1S/C10H11Cl2NS/c11-7-1-2-10(9(12)5-7)13-8-3-4-14-6-8/h1-2,5,8,13H,3-4,6H2. The lowest BCUT2D eigenvalue weighted by molar-refractivity contribution is 0.813. The molecule has 76 valence electrons. The molecule has 0 amide bonds. The van der Waals surface area contributed by atoms with Gasteiger partial charge in [0.05, 0.1) is 10.7 Å². The Hall–Kier alpha value is -0.0500. The first-order chi connectivity index (χ1) is 6.75. The monoisotopic (exact) mass is 247 g/mol. The highest BCUT2D eigenvalue weighted by Crippen LogP contribution is 2.28. The zero-order valence-electron chi connectivity index (χ0n) is 7.59. The summed E-state index contributed by atoms with van der Waals surface area (Å²) in [4.78, 5) is 0. The Kier molecular flexibility index (Phi) is 3.47. The molecule has 0 saturated carbocycles. The largest absolute Gasteiger partial charge is 0.380 e. The molecule has 1 aliphatic rings. The summed E-state index contributed by atoms with van der Waals surface area (Å²) in [6, 6.07) is 6.12. The fourth-order valence-electron chi connectivity index (χ4n) is 1.47. The molecule has 1 fully saturated rings. The normalized spacial score (nSPS) is 21.1. The fourth-order valence-corrected chi connectivity index (χ4v) is 3.09. The van der Waals surface area contributed by atoms with Crippen LogP contribution in [0.25, 0.3) is 0 Å². The van der Waals surface area contributed by atoms with Crippen molar-refractivity contribution in [3.05, 3.63) is 28.2 Å². The van der Waals surface area contributed by atoms with Crippen molar-refractivity contribution in [1.29, 1.82) is 0 Å². The van der Waals surface area contributed by atoms with Gasteiger partial charge in [0, 0.05) is 16.8 Å². The third kappa shape index (κ3) is 2.50. The van der Waals surface area contributed by atoms with Crippen LogP contribution in [0.2, 0.25) is 10.0 Å². The van der Waals surface area contributed by atoms with Crippen molar-refractivity contribution in [1.82, 2.24) is 0 Å². The zero-order valence-corrected chi connectivity index (χ0v) is 9.92. The topological polar surface area (TPSA) is 12.0 Å².